The maximum Gasteiger partial charge on any atom is 0.416 e. The van der Waals surface area contributed by atoms with E-state index in [0.717, 1.165) is 12.1 Å². The summed E-state index contributed by atoms with van der Waals surface area (Å²) in [4.78, 5) is 13.2. The van der Waals surface area contributed by atoms with Crippen LogP contribution in [0.25, 0.3) is 10.9 Å². The molecule has 0 aliphatic heterocycles. The summed E-state index contributed by atoms with van der Waals surface area (Å²) in [5.41, 5.74) is -0.149. The zero-order valence-corrected chi connectivity index (χ0v) is 18.9. The summed E-state index contributed by atoms with van der Waals surface area (Å²) < 4.78 is 66.3. The molecule has 4 rings (SSSR count). The van der Waals surface area contributed by atoms with Crippen molar-refractivity contribution in [2.75, 3.05) is 11.1 Å². The van der Waals surface area contributed by atoms with Crippen LogP contribution in [-0.4, -0.2) is 24.6 Å². The van der Waals surface area contributed by atoms with Gasteiger partial charge in [0.05, 0.1) is 27.8 Å². The first-order valence-electron chi connectivity index (χ1n) is 10.4. The molecule has 0 saturated heterocycles. The summed E-state index contributed by atoms with van der Waals surface area (Å²) in [5.74, 6) is -1.04. The van der Waals surface area contributed by atoms with Crippen molar-refractivity contribution in [2.45, 2.75) is 17.6 Å². The van der Waals surface area contributed by atoms with Crippen LogP contribution < -0.4 is 5.32 Å². The summed E-state index contributed by atoms with van der Waals surface area (Å²) in [5, 5.41) is 12.3. The number of halogens is 3. The lowest BCUT2D eigenvalue weighted by Crippen LogP contribution is -2.20. The van der Waals surface area contributed by atoms with E-state index in [2.05, 4.69) is 5.32 Å². The summed E-state index contributed by atoms with van der Waals surface area (Å²) in [6.07, 6.45) is -4.57. The SMILES string of the molecule is N#Cc1ccc2cc(C(=O)Nc3cccc(C(F)(F)F)c3)n(CCS(=O)(=O)c3ccccc3)c2c1. The first kappa shape index (κ1) is 24.0. The number of nitriles is 1. The molecule has 0 bridgehead atoms. The van der Waals surface area contributed by atoms with Crippen LogP contribution in [0.5, 0.6) is 0 Å². The van der Waals surface area contributed by atoms with Gasteiger partial charge >= 0.3 is 6.18 Å². The second-order valence-corrected chi connectivity index (χ2v) is 9.84. The minimum absolute atomic E-state index is 0.0516. The number of sulfone groups is 1. The summed E-state index contributed by atoms with van der Waals surface area (Å²) in [6.45, 7) is -0.110. The van der Waals surface area contributed by atoms with E-state index >= 15 is 0 Å². The second-order valence-electron chi connectivity index (χ2n) is 7.73. The fraction of sp³-hybridized carbons (Fsp3) is 0.120. The smallest absolute Gasteiger partial charge is 0.335 e. The Hall–Kier alpha value is -4.10. The zero-order chi connectivity index (χ0) is 25.2. The Labute approximate surface area is 199 Å². The van der Waals surface area contributed by atoms with Gasteiger partial charge in [-0.1, -0.05) is 30.3 Å². The lowest BCUT2D eigenvalue weighted by Gasteiger charge is -2.13. The normalized spacial score (nSPS) is 11.8. The highest BCUT2D eigenvalue weighted by atomic mass is 32.2. The van der Waals surface area contributed by atoms with Crippen LogP contribution in [0.1, 0.15) is 21.6 Å². The van der Waals surface area contributed by atoms with Gasteiger partial charge in [-0.15, -0.1) is 0 Å². The number of rotatable bonds is 6. The summed E-state index contributed by atoms with van der Waals surface area (Å²) in [7, 11) is -3.69. The number of nitrogens with zero attached hydrogens (tertiary/aromatic N) is 2. The fourth-order valence-electron chi connectivity index (χ4n) is 3.68. The Kier molecular flexibility index (Phi) is 6.37. The van der Waals surface area contributed by atoms with Gasteiger partial charge in [-0.2, -0.15) is 18.4 Å². The second kappa shape index (κ2) is 9.27. The summed E-state index contributed by atoms with van der Waals surface area (Å²) in [6, 6.07) is 20.3. The lowest BCUT2D eigenvalue weighted by molar-refractivity contribution is -0.137. The van der Waals surface area contributed by atoms with Crippen molar-refractivity contribution >= 4 is 32.3 Å². The number of alkyl halides is 3. The number of fused-ring (bicyclic) bond motifs is 1. The number of aromatic nitrogens is 1. The highest BCUT2D eigenvalue weighted by Crippen LogP contribution is 2.31. The molecule has 1 amide bonds. The Morgan fingerprint density at radius 1 is 0.971 bits per heavy atom. The largest absolute Gasteiger partial charge is 0.416 e. The van der Waals surface area contributed by atoms with Crippen molar-refractivity contribution in [3.05, 3.63) is 95.7 Å². The molecule has 1 N–H and O–H groups in total. The van der Waals surface area contributed by atoms with E-state index in [0.29, 0.717) is 16.5 Å². The van der Waals surface area contributed by atoms with Crippen LogP contribution in [0, 0.1) is 11.3 Å². The third-order valence-corrected chi connectivity index (χ3v) is 7.11. The molecule has 3 aromatic carbocycles. The average molecular weight is 497 g/mol. The molecule has 178 valence electrons. The standard InChI is InChI=1S/C25H18F3N3O3S/c26-25(27,28)19-5-4-6-20(15-19)30-24(32)23-14-18-10-9-17(16-29)13-22(18)31(23)11-12-35(33,34)21-7-2-1-3-8-21/h1-10,13-15H,11-12H2,(H,30,32). The maximum absolute atomic E-state index is 13.1. The number of nitrogens with one attached hydrogen (secondary N) is 1. The van der Waals surface area contributed by atoms with Gasteiger partial charge in [-0.3, -0.25) is 4.79 Å². The minimum atomic E-state index is -4.57. The van der Waals surface area contributed by atoms with Gasteiger partial charge < -0.3 is 9.88 Å². The lowest BCUT2D eigenvalue weighted by atomic mass is 10.2. The van der Waals surface area contributed by atoms with Crippen molar-refractivity contribution in [1.82, 2.24) is 4.57 Å². The van der Waals surface area contributed by atoms with Crippen LogP contribution in [-0.2, 0) is 22.6 Å². The Morgan fingerprint density at radius 2 is 1.71 bits per heavy atom. The highest BCUT2D eigenvalue weighted by molar-refractivity contribution is 7.91. The van der Waals surface area contributed by atoms with Crippen molar-refractivity contribution in [2.24, 2.45) is 0 Å². The van der Waals surface area contributed by atoms with Gasteiger partial charge in [0.2, 0.25) is 0 Å². The molecule has 0 radical (unpaired) electrons. The van der Waals surface area contributed by atoms with Crippen molar-refractivity contribution in [3.63, 3.8) is 0 Å². The molecule has 10 heteroatoms. The molecule has 0 unspecified atom stereocenters. The number of hydrogen-bond acceptors (Lipinski definition) is 4. The van der Waals surface area contributed by atoms with Crippen LogP contribution in [0.3, 0.4) is 0 Å². The molecule has 1 heterocycles. The van der Waals surface area contributed by atoms with Crippen molar-refractivity contribution in [3.8, 4) is 6.07 Å². The molecule has 0 fully saturated rings. The first-order valence-corrected chi connectivity index (χ1v) is 12.0. The number of anilines is 1. The first-order chi connectivity index (χ1) is 16.6. The molecule has 0 aliphatic carbocycles. The molecular formula is C25H18F3N3O3S. The van der Waals surface area contributed by atoms with E-state index in [4.69, 9.17) is 0 Å². The molecule has 4 aromatic rings. The van der Waals surface area contributed by atoms with E-state index in [-0.39, 0.29) is 28.6 Å². The number of carbonyl (C=O) groups excluding carboxylic acids is 1. The predicted molar refractivity (Wildman–Crippen MR) is 125 cm³/mol. The maximum atomic E-state index is 13.1. The molecule has 1 aromatic heterocycles. The van der Waals surface area contributed by atoms with Gasteiger partial charge in [0, 0.05) is 23.1 Å². The van der Waals surface area contributed by atoms with Crippen molar-refractivity contribution in [1.29, 1.82) is 5.26 Å². The predicted octanol–water partition coefficient (Wildman–Crippen LogP) is 5.26. The van der Waals surface area contributed by atoms with Crippen molar-refractivity contribution < 1.29 is 26.4 Å². The highest BCUT2D eigenvalue weighted by Gasteiger charge is 2.30. The molecular weight excluding hydrogens is 479 g/mol. The number of carbonyl (C=O) groups is 1. The molecule has 0 atom stereocenters. The van der Waals surface area contributed by atoms with Crippen LogP contribution in [0.15, 0.2) is 83.8 Å². The number of hydrogen-bond donors (Lipinski definition) is 1. The Bertz CT molecular complexity index is 1550. The quantitative estimate of drug-likeness (QED) is 0.394. The third-order valence-electron chi connectivity index (χ3n) is 5.40. The van der Waals surface area contributed by atoms with E-state index in [9.17, 15) is 31.6 Å². The number of aryl methyl sites for hydroxylation is 1. The Morgan fingerprint density at radius 3 is 2.40 bits per heavy atom. The molecule has 35 heavy (non-hydrogen) atoms. The van der Waals surface area contributed by atoms with Crippen LogP contribution >= 0.6 is 0 Å². The van der Waals surface area contributed by atoms with Gasteiger partial charge in [0.25, 0.3) is 5.91 Å². The molecule has 0 spiro atoms. The van der Waals surface area contributed by atoms with Gasteiger partial charge in [-0.25, -0.2) is 8.42 Å². The van der Waals surface area contributed by atoms with E-state index in [1.165, 1.54) is 41.0 Å². The van der Waals surface area contributed by atoms with E-state index in [1.807, 2.05) is 6.07 Å². The Balaban J connectivity index is 1.70. The average Bonchev–Trinajstić information content (AvgIpc) is 3.21. The topological polar surface area (TPSA) is 92.0 Å². The van der Waals surface area contributed by atoms with E-state index < -0.39 is 27.5 Å². The molecule has 6 nitrogen and oxygen atoms in total. The van der Waals surface area contributed by atoms with Crippen LogP contribution in [0.4, 0.5) is 18.9 Å². The third kappa shape index (κ3) is 5.20. The number of benzene rings is 3. The minimum Gasteiger partial charge on any atom is -0.335 e. The zero-order valence-electron chi connectivity index (χ0n) is 18.1. The molecule has 0 saturated carbocycles. The number of amides is 1. The van der Waals surface area contributed by atoms with Crippen LogP contribution in [0.2, 0.25) is 0 Å². The summed E-state index contributed by atoms with van der Waals surface area (Å²) >= 11 is 0. The fourth-order valence-corrected chi connectivity index (χ4v) is 4.91. The van der Waals surface area contributed by atoms with Gasteiger partial charge in [0.1, 0.15) is 5.69 Å². The molecule has 0 aliphatic rings. The van der Waals surface area contributed by atoms with Gasteiger partial charge in [0.15, 0.2) is 9.84 Å². The monoisotopic (exact) mass is 497 g/mol. The van der Waals surface area contributed by atoms with E-state index in [1.54, 1.807) is 30.3 Å². The van der Waals surface area contributed by atoms with Gasteiger partial charge in [-0.05, 0) is 48.5 Å².